The Morgan fingerprint density at radius 2 is 2.11 bits per heavy atom. The van der Waals surface area contributed by atoms with Gasteiger partial charge in [0.1, 0.15) is 0 Å². The van der Waals surface area contributed by atoms with Crippen LogP contribution in [0.1, 0.15) is 56.2 Å². The molecule has 1 aromatic heterocycles. The van der Waals surface area contributed by atoms with Crippen molar-refractivity contribution in [3.63, 3.8) is 0 Å². The molecule has 3 unspecified atom stereocenters. The molecule has 4 aliphatic carbocycles. The number of nitrogens with zero attached hydrogens (tertiary/aromatic N) is 1. The first-order valence-corrected chi connectivity index (χ1v) is 12.4. The van der Waals surface area contributed by atoms with Crippen molar-refractivity contribution in [3.05, 3.63) is 22.4 Å². The van der Waals surface area contributed by atoms with E-state index in [1.807, 2.05) is 11.3 Å². The fourth-order valence-corrected chi connectivity index (χ4v) is 9.12. The van der Waals surface area contributed by atoms with Crippen molar-refractivity contribution in [1.29, 1.82) is 0 Å². The normalized spacial score (nSPS) is 41.0. The first kappa shape index (κ1) is 18.6. The van der Waals surface area contributed by atoms with Crippen molar-refractivity contribution in [2.75, 3.05) is 19.6 Å². The molecule has 1 aliphatic heterocycles. The Morgan fingerprint density at radius 1 is 1.30 bits per heavy atom. The van der Waals surface area contributed by atoms with Crippen LogP contribution in [-0.4, -0.2) is 34.8 Å². The van der Waals surface area contributed by atoms with E-state index in [1.54, 1.807) is 0 Å². The van der Waals surface area contributed by atoms with Gasteiger partial charge in [-0.2, -0.15) is 0 Å². The summed E-state index contributed by atoms with van der Waals surface area (Å²) >= 11 is 5.89. The molecule has 0 radical (unpaired) electrons. The van der Waals surface area contributed by atoms with Gasteiger partial charge in [0.15, 0.2) is 0 Å². The monoisotopic (exact) mass is 450 g/mol. The lowest BCUT2D eigenvalue weighted by Gasteiger charge is -2.59. The van der Waals surface area contributed by atoms with Crippen molar-refractivity contribution in [2.24, 2.45) is 23.2 Å². The topological polar surface area (TPSA) is 32.3 Å². The molecule has 5 fully saturated rings. The van der Waals surface area contributed by atoms with Gasteiger partial charge >= 0.3 is 0 Å². The maximum absolute atomic E-state index is 13.3. The van der Waals surface area contributed by atoms with E-state index >= 15 is 0 Å². The molecule has 0 spiro atoms. The van der Waals surface area contributed by atoms with E-state index in [-0.39, 0.29) is 9.74 Å². The zero-order valence-electron chi connectivity index (χ0n) is 16.1. The summed E-state index contributed by atoms with van der Waals surface area (Å²) in [5.41, 5.74) is -0.0705. The molecule has 1 saturated heterocycles. The van der Waals surface area contributed by atoms with Crippen LogP contribution in [0.3, 0.4) is 0 Å². The second-order valence-corrected chi connectivity index (χ2v) is 12.6. The molecule has 0 aromatic carbocycles. The lowest BCUT2D eigenvalue weighted by atomic mass is 9.49. The number of carbonyl (C=O) groups excluding carboxylic acids is 1. The van der Waals surface area contributed by atoms with Crippen LogP contribution in [-0.2, 0) is 11.3 Å². The zero-order chi connectivity index (χ0) is 18.5. The smallest absolute Gasteiger partial charge is 0.226 e. The van der Waals surface area contributed by atoms with Crippen molar-refractivity contribution in [1.82, 2.24) is 10.2 Å². The molecule has 3 nitrogen and oxygen atoms in total. The third-order valence-electron chi connectivity index (χ3n) is 7.59. The van der Waals surface area contributed by atoms with Crippen LogP contribution in [0, 0.1) is 23.2 Å². The van der Waals surface area contributed by atoms with Gasteiger partial charge in [0.05, 0.1) is 5.41 Å². The second-order valence-electron chi connectivity index (χ2n) is 9.93. The number of amides is 1. The van der Waals surface area contributed by atoms with Crippen LogP contribution in [0.25, 0.3) is 0 Å². The number of thiophene rings is 1. The van der Waals surface area contributed by atoms with E-state index in [0.29, 0.717) is 11.8 Å². The largest absolute Gasteiger partial charge is 0.355 e. The minimum absolute atomic E-state index is 0.0705. The fourth-order valence-electron chi connectivity index (χ4n) is 6.93. The lowest BCUT2D eigenvalue weighted by Crippen LogP contribution is -2.58. The molecule has 1 aromatic rings. The summed E-state index contributed by atoms with van der Waals surface area (Å²) in [6.45, 7) is 4.26. The molecule has 5 heteroatoms. The maximum Gasteiger partial charge on any atom is 0.226 e. The molecule has 4 bridgehead atoms. The highest BCUT2D eigenvalue weighted by molar-refractivity contribution is 9.10. The maximum atomic E-state index is 13.3. The van der Waals surface area contributed by atoms with Gasteiger partial charge in [-0.25, -0.2) is 0 Å². The number of alkyl halides is 1. The van der Waals surface area contributed by atoms with Gasteiger partial charge in [-0.05, 0) is 87.1 Å². The average Bonchev–Trinajstić information content (AvgIpc) is 3.11. The van der Waals surface area contributed by atoms with E-state index in [2.05, 4.69) is 43.7 Å². The van der Waals surface area contributed by atoms with Crippen LogP contribution in [0.2, 0.25) is 0 Å². The average molecular weight is 451 g/mol. The number of hydrogen-bond acceptors (Lipinski definition) is 3. The zero-order valence-corrected chi connectivity index (χ0v) is 18.5. The highest BCUT2D eigenvalue weighted by atomic mass is 79.9. The minimum Gasteiger partial charge on any atom is -0.355 e. The fraction of sp³-hybridized carbons (Fsp3) is 0.773. The first-order valence-electron chi connectivity index (χ1n) is 10.7. The molecule has 6 rings (SSSR count). The van der Waals surface area contributed by atoms with Crippen molar-refractivity contribution in [3.8, 4) is 0 Å². The molecular weight excluding hydrogens is 420 g/mol. The van der Waals surface area contributed by atoms with E-state index in [0.717, 1.165) is 50.7 Å². The third kappa shape index (κ3) is 3.76. The van der Waals surface area contributed by atoms with Gasteiger partial charge in [0.2, 0.25) is 5.91 Å². The number of halogens is 1. The standard InChI is InChI=1S/C22H31BrN2OS/c23-22-10-17-7-18(11-22)9-21(8-17,15-22)20(26)24-12-16-3-1-5-25(13-16)14-19-4-2-6-27-19/h2,4,6,16-18H,1,3,5,7-15H2,(H,24,26). The van der Waals surface area contributed by atoms with Gasteiger partial charge in [0, 0.05) is 28.8 Å². The Morgan fingerprint density at radius 3 is 2.81 bits per heavy atom. The molecule has 5 aliphatic rings. The Bertz CT molecular complexity index is 676. The number of carbonyl (C=O) groups is 1. The lowest BCUT2D eigenvalue weighted by molar-refractivity contribution is -0.144. The molecular formula is C22H31BrN2OS. The third-order valence-corrected chi connectivity index (χ3v) is 9.37. The van der Waals surface area contributed by atoms with E-state index < -0.39 is 0 Å². The Labute approximate surface area is 175 Å². The molecule has 27 heavy (non-hydrogen) atoms. The van der Waals surface area contributed by atoms with Crippen LogP contribution in [0.15, 0.2) is 17.5 Å². The number of rotatable bonds is 5. The summed E-state index contributed by atoms with van der Waals surface area (Å²) in [6, 6.07) is 4.38. The molecule has 2 heterocycles. The van der Waals surface area contributed by atoms with E-state index in [1.165, 1.54) is 43.5 Å². The number of likely N-dealkylation sites (tertiary alicyclic amines) is 1. The van der Waals surface area contributed by atoms with E-state index in [4.69, 9.17) is 0 Å². The Hall–Kier alpha value is -0.390. The predicted molar refractivity (Wildman–Crippen MR) is 114 cm³/mol. The second kappa shape index (κ2) is 7.14. The molecule has 4 saturated carbocycles. The number of nitrogens with one attached hydrogen (secondary N) is 1. The highest BCUT2D eigenvalue weighted by Crippen LogP contribution is 2.64. The number of hydrogen-bond donors (Lipinski definition) is 1. The predicted octanol–water partition coefficient (Wildman–Crippen LogP) is 4.81. The van der Waals surface area contributed by atoms with Crippen LogP contribution in [0.5, 0.6) is 0 Å². The van der Waals surface area contributed by atoms with Gasteiger partial charge in [-0.1, -0.05) is 22.0 Å². The Balaban J connectivity index is 1.17. The van der Waals surface area contributed by atoms with Gasteiger partial charge < -0.3 is 5.32 Å². The van der Waals surface area contributed by atoms with Gasteiger partial charge in [-0.15, -0.1) is 11.3 Å². The SMILES string of the molecule is O=C(NCC1CCCN(Cc2cccs2)C1)C12CC3CC(CC(Br)(C3)C1)C2. The first-order chi connectivity index (χ1) is 13.0. The molecule has 3 atom stereocenters. The minimum atomic E-state index is -0.0705. The highest BCUT2D eigenvalue weighted by Gasteiger charge is 2.59. The summed E-state index contributed by atoms with van der Waals surface area (Å²) in [5, 5.41) is 5.59. The summed E-state index contributed by atoms with van der Waals surface area (Å²) in [7, 11) is 0. The van der Waals surface area contributed by atoms with Crippen molar-refractivity contribution >= 4 is 33.2 Å². The molecule has 1 amide bonds. The summed E-state index contributed by atoms with van der Waals surface area (Å²) in [5.74, 6) is 2.52. The summed E-state index contributed by atoms with van der Waals surface area (Å²) in [4.78, 5) is 17.3. The van der Waals surface area contributed by atoms with Gasteiger partial charge in [-0.3, -0.25) is 9.69 Å². The summed E-state index contributed by atoms with van der Waals surface area (Å²) in [6.07, 6.45) is 9.79. The summed E-state index contributed by atoms with van der Waals surface area (Å²) < 4.78 is 0.261. The quantitative estimate of drug-likeness (QED) is 0.652. The van der Waals surface area contributed by atoms with Crippen LogP contribution < -0.4 is 5.32 Å². The van der Waals surface area contributed by atoms with Crippen molar-refractivity contribution in [2.45, 2.75) is 62.2 Å². The van der Waals surface area contributed by atoms with E-state index in [9.17, 15) is 4.79 Å². The molecule has 148 valence electrons. The Kier molecular flexibility index (Phi) is 4.93. The number of piperidine rings is 1. The molecule has 1 N–H and O–H groups in total. The van der Waals surface area contributed by atoms with Gasteiger partial charge in [0.25, 0.3) is 0 Å². The van der Waals surface area contributed by atoms with Crippen LogP contribution >= 0.6 is 27.3 Å². The van der Waals surface area contributed by atoms with Crippen LogP contribution in [0.4, 0.5) is 0 Å². The van der Waals surface area contributed by atoms with Crippen molar-refractivity contribution < 1.29 is 4.79 Å².